The predicted octanol–water partition coefficient (Wildman–Crippen LogP) is 6.31. The minimum absolute atomic E-state index is 0.936. The van der Waals surface area contributed by atoms with Crippen molar-refractivity contribution >= 4 is 22.8 Å². The third-order valence-corrected chi connectivity index (χ3v) is 5.37. The van der Waals surface area contributed by atoms with Gasteiger partial charge in [0.05, 0.1) is 0 Å². The number of H-pyrrole nitrogens is 1. The van der Waals surface area contributed by atoms with Crippen molar-refractivity contribution in [3.05, 3.63) is 77.6 Å². The topological polar surface area (TPSA) is 28.7 Å². The zero-order valence-electron chi connectivity index (χ0n) is 14.6. The summed E-state index contributed by atoms with van der Waals surface area (Å²) < 4.78 is 0. The van der Waals surface area contributed by atoms with Crippen LogP contribution in [0.25, 0.3) is 22.2 Å². The van der Waals surface area contributed by atoms with Gasteiger partial charge in [-0.1, -0.05) is 58.8 Å². The fourth-order valence-corrected chi connectivity index (χ4v) is 4.16. The molecule has 0 aliphatic heterocycles. The monoisotopic (exact) mass is 344 g/mol. The van der Waals surface area contributed by atoms with Crippen LogP contribution in [0.2, 0.25) is 0 Å². The van der Waals surface area contributed by atoms with E-state index in [2.05, 4.69) is 85.5 Å². The van der Waals surface area contributed by atoms with Crippen molar-refractivity contribution in [1.29, 1.82) is 0 Å². The number of benzene rings is 2. The largest absolute Gasteiger partial charge is 0.345 e. The van der Waals surface area contributed by atoms with Gasteiger partial charge in [0, 0.05) is 27.6 Å². The van der Waals surface area contributed by atoms with Crippen LogP contribution in [0.15, 0.2) is 70.7 Å². The van der Waals surface area contributed by atoms with E-state index in [0.29, 0.717) is 0 Å². The molecule has 4 rings (SSSR count). The summed E-state index contributed by atoms with van der Waals surface area (Å²) in [4.78, 5) is 10.3. The van der Waals surface area contributed by atoms with Crippen LogP contribution in [0.3, 0.4) is 0 Å². The summed E-state index contributed by atoms with van der Waals surface area (Å²) in [6.07, 6.45) is 3.94. The first-order valence-corrected chi connectivity index (χ1v) is 9.21. The fraction of sp³-hybridized carbons (Fsp3) is 0.136. The summed E-state index contributed by atoms with van der Waals surface area (Å²) in [6.45, 7) is 6.41. The molecule has 0 aliphatic rings. The van der Waals surface area contributed by atoms with Gasteiger partial charge in [0.2, 0.25) is 0 Å². The van der Waals surface area contributed by atoms with Crippen molar-refractivity contribution in [2.45, 2.75) is 30.6 Å². The van der Waals surface area contributed by atoms with Crippen molar-refractivity contribution in [2.75, 3.05) is 0 Å². The van der Waals surface area contributed by atoms with Gasteiger partial charge in [-0.05, 0) is 50.1 Å². The summed E-state index contributed by atoms with van der Waals surface area (Å²) in [7, 11) is 0. The van der Waals surface area contributed by atoms with Gasteiger partial charge in [-0.15, -0.1) is 0 Å². The highest BCUT2D eigenvalue weighted by Crippen LogP contribution is 2.38. The van der Waals surface area contributed by atoms with Gasteiger partial charge in [0.1, 0.15) is 5.65 Å². The molecule has 0 spiro atoms. The van der Waals surface area contributed by atoms with Crippen LogP contribution in [0, 0.1) is 20.8 Å². The second-order valence-electron chi connectivity index (χ2n) is 6.53. The summed E-state index contributed by atoms with van der Waals surface area (Å²) in [5, 5.41) is 1.19. The molecule has 0 amide bonds. The number of nitrogens with zero attached hydrogens (tertiary/aromatic N) is 1. The number of nitrogens with one attached hydrogen (secondary N) is 1. The second kappa shape index (κ2) is 6.41. The standard InChI is InChI=1S/C22H20N2S/c1-14-4-6-18(7-5-14)25-20-13-24-22-21(20)19(8-9-23-22)17-11-15(2)10-16(3)12-17/h4-13H,1-3H3,(H,23,24). The first-order chi connectivity index (χ1) is 12.1. The van der Waals surface area contributed by atoms with E-state index in [9.17, 15) is 0 Å². The van der Waals surface area contributed by atoms with Crippen LogP contribution < -0.4 is 0 Å². The van der Waals surface area contributed by atoms with Gasteiger partial charge >= 0.3 is 0 Å². The highest BCUT2D eigenvalue weighted by Gasteiger charge is 2.13. The van der Waals surface area contributed by atoms with Gasteiger partial charge in [-0.3, -0.25) is 0 Å². The summed E-state index contributed by atoms with van der Waals surface area (Å²) in [5.41, 5.74) is 7.25. The van der Waals surface area contributed by atoms with Crippen LogP contribution in [-0.2, 0) is 0 Å². The average molecular weight is 344 g/mol. The number of hydrogen-bond acceptors (Lipinski definition) is 2. The van der Waals surface area contributed by atoms with E-state index in [1.807, 2.05) is 6.20 Å². The lowest BCUT2D eigenvalue weighted by Gasteiger charge is -2.09. The maximum atomic E-state index is 4.52. The highest BCUT2D eigenvalue weighted by molar-refractivity contribution is 7.99. The lowest BCUT2D eigenvalue weighted by Crippen LogP contribution is -1.86. The molecule has 0 unspecified atom stereocenters. The molecule has 2 nitrogen and oxygen atoms in total. The van der Waals surface area contributed by atoms with Crippen molar-refractivity contribution in [3.63, 3.8) is 0 Å². The maximum Gasteiger partial charge on any atom is 0.139 e. The minimum atomic E-state index is 0.936. The third kappa shape index (κ3) is 3.20. The molecule has 4 aromatic rings. The zero-order chi connectivity index (χ0) is 17.4. The number of hydrogen-bond donors (Lipinski definition) is 1. The van der Waals surface area contributed by atoms with Crippen LogP contribution in [0.5, 0.6) is 0 Å². The molecular formula is C22H20N2S. The van der Waals surface area contributed by atoms with Gasteiger partial charge in [0.15, 0.2) is 0 Å². The van der Waals surface area contributed by atoms with Crippen LogP contribution in [0.1, 0.15) is 16.7 Å². The van der Waals surface area contributed by atoms with Gasteiger partial charge in [0.25, 0.3) is 0 Å². The Morgan fingerprint density at radius 1 is 0.840 bits per heavy atom. The van der Waals surface area contributed by atoms with E-state index in [1.54, 1.807) is 11.8 Å². The number of aryl methyl sites for hydroxylation is 3. The molecule has 25 heavy (non-hydrogen) atoms. The third-order valence-electron chi connectivity index (χ3n) is 4.32. The Morgan fingerprint density at radius 3 is 2.28 bits per heavy atom. The van der Waals surface area contributed by atoms with E-state index in [0.717, 1.165) is 5.65 Å². The van der Waals surface area contributed by atoms with Crippen molar-refractivity contribution in [3.8, 4) is 11.1 Å². The molecule has 0 bridgehead atoms. The Balaban J connectivity index is 1.85. The molecular weight excluding hydrogens is 324 g/mol. The number of rotatable bonds is 3. The maximum absolute atomic E-state index is 4.52. The van der Waals surface area contributed by atoms with Gasteiger partial charge in [-0.2, -0.15) is 0 Å². The minimum Gasteiger partial charge on any atom is -0.345 e. The Bertz CT molecular complexity index is 1030. The second-order valence-corrected chi connectivity index (χ2v) is 7.64. The normalized spacial score (nSPS) is 11.2. The highest BCUT2D eigenvalue weighted by atomic mass is 32.2. The van der Waals surface area contributed by atoms with E-state index in [1.165, 1.54) is 43.0 Å². The van der Waals surface area contributed by atoms with E-state index in [-0.39, 0.29) is 0 Å². The Hall–Kier alpha value is -2.52. The quantitative estimate of drug-likeness (QED) is 0.472. The van der Waals surface area contributed by atoms with Crippen LogP contribution in [-0.4, -0.2) is 9.97 Å². The first kappa shape index (κ1) is 16.0. The number of aromatic amines is 1. The molecule has 3 heteroatoms. The molecule has 0 fully saturated rings. The average Bonchev–Trinajstić information content (AvgIpc) is 2.99. The molecule has 0 atom stereocenters. The fourth-order valence-electron chi connectivity index (χ4n) is 3.21. The molecule has 0 saturated heterocycles. The molecule has 2 aromatic carbocycles. The SMILES string of the molecule is Cc1ccc(Sc2c[nH]c3nccc(-c4cc(C)cc(C)c4)c23)cc1. The molecule has 2 aromatic heterocycles. The van der Waals surface area contributed by atoms with E-state index >= 15 is 0 Å². The predicted molar refractivity (Wildman–Crippen MR) is 106 cm³/mol. The van der Waals surface area contributed by atoms with Crippen molar-refractivity contribution in [2.24, 2.45) is 0 Å². The molecule has 1 N–H and O–H groups in total. The van der Waals surface area contributed by atoms with Crippen molar-refractivity contribution < 1.29 is 0 Å². The lowest BCUT2D eigenvalue weighted by atomic mass is 9.99. The Kier molecular flexibility index (Phi) is 4.10. The molecule has 2 heterocycles. The van der Waals surface area contributed by atoms with Crippen LogP contribution in [0.4, 0.5) is 0 Å². The van der Waals surface area contributed by atoms with E-state index in [4.69, 9.17) is 0 Å². The van der Waals surface area contributed by atoms with Gasteiger partial charge < -0.3 is 4.98 Å². The smallest absolute Gasteiger partial charge is 0.139 e. The van der Waals surface area contributed by atoms with Crippen molar-refractivity contribution in [1.82, 2.24) is 9.97 Å². The Morgan fingerprint density at radius 2 is 1.56 bits per heavy atom. The number of aromatic nitrogens is 2. The zero-order valence-corrected chi connectivity index (χ0v) is 15.4. The molecule has 0 radical (unpaired) electrons. The Labute approximate surface area is 152 Å². The molecule has 0 aliphatic carbocycles. The number of fused-ring (bicyclic) bond motifs is 1. The van der Waals surface area contributed by atoms with E-state index < -0.39 is 0 Å². The number of pyridine rings is 1. The van der Waals surface area contributed by atoms with Crippen LogP contribution >= 0.6 is 11.8 Å². The summed E-state index contributed by atoms with van der Waals surface area (Å²) in [5.74, 6) is 0. The first-order valence-electron chi connectivity index (χ1n) is 8.39. The molecule has 124 valence electrons. The lowest BCUT2D eigenvalue weighted by molar-refractivity contribution is 1.31. The summed E-state index contributed by atoms with van der Waals surface area (Å²) >= 11 is 1.78. The summed E-state index contributed by atoms with van der Waals surface area (Å²) in [6, 6.07) is 17.5. The van der Waals surface area contributed by atoms with Gasteiger partial charge in [-0.25, -0.2) is 4.98 Å². The molecule has 0 saturated carbocycles.